The Morgan fingerprint density at radius 2 is 1.95 bits per heavy atom. The lowest BCUT2D eigenvalue weighted by atomic mass is 10.1. The van der Waals surface area contributed by atoms with E-state index in [1.165, 1.54) is 10.4 Å². The van der Waals surface area contributed by atoms with Gasteiger partial charge >= 0.3 is 5.97 Å². The van der Waals surface area contributed by atoms with Crippen LogP contribution in [-0.4, -0.2) is 29.1 Å². The average Bonchev–Trinajstić information content (AvgIpc) is 2.77. The predicted octanol–water partition coefficient (Wildman–Crippen LogP) is 3.05. The lowest BCUT2D eigenvalue weighted by Crippen LogP contribution is -2.26. The molecule has 1 aromatic carbocycles. The maximum atomic E-state index is 11.2. The van der Waals surface area contributed by atoms with Gasteiger partial charge in [0, 0.05) is 29.9 Å². The summed E-state index contributed by atoms with van der Waals surface area (Å²) in [5, 5.41) is 11.0. The fourth-order valence-electron chi connectivity index (χ4n) is 2.73. The van der Waals surface area contributed by atoms with Gasteiger partial charge in [-0.3, -0.25) is 4.90 Å². The number of hydrogen-bond donors (Lipinski definition) is 1. The van der Waals surface area contributed by atoms with E-state index in [2.05, 4.69) is 29.2 Å². The highest BCUT2D eigenvalue weighted by molar-refractivity contribution is 7.10. The SMILES string of the molecule is O=C(O)c1csc2c1CCN(Cc1ccccc1)CC2. The molecule has 104 valence electrons. The van der Waals surface area contributed by atoms with Crippen LogP contribution in [0.2, 0.25) is 0 Å². The summed E-state index contributed by atoms with van der Waals surface area (Å²) in [6, 6.07) is 10.4. The summed E-state index contributed by atoms with van der Waals surface area (Å²) in [6.45, 7) is 2.87. The lowest BCUT2D eigenvalue weighted by Gasteiger charge is -2.19. The van der Waals surface area contributed by atoms with E-state index < -0.39 is 5.97 Å². The smallest absolute Gasteiger partial charge is 0.336 e. The van der Waals surface area contributed by atoms with Crippen molar-refractivity contribution in [3.8, 4) is 0 Å². The maximum absolute atomic E-state index is 11.2. The quantitative estimate of drug-likeness (QED) is 0.943. The number of thiophene rings is 1. The van der Waals surface area contributed by atoms with Crippen LogP contribution in [0.25, 0.3) is 0 Å². The van der Waals surface area contributed by atoms with E-state index in [1.54, 1.807) is 16.7 Å². The Hall–Kier alpha value is -1.65. The molecule has 0 amide bonds. The highest BCUT2D eigenvalue weighted by Gasteiger charge is 2.21. The van der Waals surface area contributed by atoms with Gasteiger partial charge in [-0.1, -0.05) is 30.3 Å². The molecule has 1 aromatic heterocycles. The Kier molecular flexibility index (Phi) is 3.85. The molecule has 0 radical (unpaired) electrons. The summed E-state index contributed by atoms with van der Waals surface area (Å²) in [6.07, 6.45) is 1.80. The third-order valence-electron chi connectivity index (χ3n) is 3.79. The van der Waals surface area contributed by atoms with Gasteiger partial charge in [-0.2, -0.15) is 0 Å². The zero-order valence-corrected chi connectivity index (χ0v) is 12.0. The van der Waals surface area contributed by atoms with Crippen molar-refractivity contribution in [2.45, 2.75) is 19.4 Å². The Labute approximate surface area is 122 Å². The molecule has 3 rings (SSSR count). The van der Waals surface area contributed by atoms with Crippen LogP contribution in [0.15, 0.2) is 35.7 Å². The van der Waals surface area contributed by atoms with Gasteiger partial charge in [-0.25, -0.2) is 4.79 Å². The lowest BCUT2D eigenvalue weighted by molar-refractivity contribution is 0.0696. The first-order valence-corrected chi connectivity index (χ1v) is 7.71. The first-order chi connectivity index (χ1) is 9.74. The molecular weight excluding hydrogens is 270 g/mol. The largest absolute Gasteiger partial charge is 0.478 e. The standard InChI is InChI=1S/C16H17NO2S/c18-16(19)14-11-20-15-7-9-17(8-6-13(14)15)10-12-4-2-1-3-5-12/h1-5,11H,6-10H2,(H,18,19). The van der Waals surface area contributed by atoms with Crippen molar-refractivity contribution in [2.75, 3.05) is 13.1 Å². The number of rotatable bonds is 3. The molecule has 0 saturated carbocycles. The third kappa shape index (κ3) is 2.76. The molecule has 3 nitrogen and oxygen atoms in total. The number of carboxylic acids is 1. The van der Waals surface area contributed by atoms with Crippen molar-refractivity contribution in [1.29, 1.82) is 0 Å². The second-order valence-corrected chi connectivity index (χ2v) is 6.08. The first kappa shape index (κ1) is 13.3. The maximum Gasteiger partial charge on any atom is 0.336 e. The Bertz CT molecular complexity index is 606. The minimum atomic E-state index is -0.793. The van der Waals surface area contributed by atoms with E-state index in [0.717, 1.165) is 38.0 Å². The molecule has 0 atom stereocenters. The number of carboxylic acid groups (broad SMARTS) is 1. The van der Waals surface area contributed by atoms with E-state index in [1.807, 2.05) is 6.07 Å². The van der Waals surface area contributed by atoms with Crippen LogP contribution in [0.4, 0.5) is 0 Å². The molecule has 0 unspecified atom stereocenters. The number of hydrogen-bond acceptors (Lipinski definition) is 3. The number of fused-ring (bicyclic) bond motifs is 1. The number of carbonyl (C=O) groups is 1. The number of nitrogens with zero attached hydrogens (tertiary/aromatic N) is 1. The molecule has 1 N–H and O–H groups in total. The third-order valence-corrected chi connectivity index (χ3v) is 4.88. The van der Waals surface area contributed by atoms with Gasteiger partial charge in [0.15, 0.2) is 0 Å². The summed E-state index contributed by atoms with van der Waals surface area (Å²) in [5.41, 5.74) is 2.88. The molecule has 1 aliphatic rings. The summed E-state index contributed by atoms with van der Waals surface area (Å²) in [7, 11) is 0. The van der Waals surface area contributed by atoms with E-state index in [4.69, 9.17) is 0 Å². The van der Waals surface area contributed by atoms with Crippen LogP contribution in [0, 0.1) is 0 Å². The normalized spacial score (nSPS) is 15.6. The molecule has 0 bridgehead atoms. The number of aromatic carboxylic acids is 1. The van der Waals surface area contributed by atoms with Gasteiger partial charge in [0.05, 0.1) is 5.56 Å². The van der Waals surface area contributed by atoms with Gasteiger partial charge in [-0.05, 0) is 24.0 Å². The fraction of sp³-hybridized carbons (Fsp3) is 0.312. The van der Waals surface area contributed by atoms with Crippen LogP contribution >= 0.6 is 11.3 Å². The van der Waals surface area contributed by atoms with Crippen LogP contribution < -0.4 is 0 Å². The zero-order valence-electron chi connectivity index (χ0n) is 11.2. The Morgan fingerprint density at radius 1 is 1.20 bits per heavy atom. The van der Waals surface area contributed by atoms with Crippen molar-refractivity contribution in [3.63, 3.8) is 0 Å². The highest BCUT2D eigenvalue weighted by atomic mass is 32.1. The fourth-order valence-corrected chi connectivity index (χ4v) is 3.79. The molecular formula is C16H17NO2S. The topological polar surface area (TPSA) is 40.5 Å². The molecule has 0 aliphatic carbocycles. The second-order valence-electron chi connectivity index (χ2n) is 5.12. The summed E-state index contributed by atoms with van der Waals surface area (Å²) < 4.78 is 0. The monoisotopic (exact) mass is 287 g/mol. The van der Waals surface area contributed by atoms with Crippen LogP contribution in [0.5, 0.6) is 0 Å². The Balaban J connectivity index is 1.71. The van der Waals surface area contributed by atoms with E-state index in [-0.39, 0.29) is 0 Å². The van der Waals surface area contributed by atoms with E-state index in [0.29, 0.717) is 5.56 Å². The first-order valence-electron chi connectivity index (χ1n) is 6.83. The van der Waals surface area contributed by atoms with Gasteiger partial charge in [-0.15, -0.1) is 11.3 Å². The van der Waals surface area contributed by atoms with Crippen molar-refractivity contribution in [1.82, 2.24) is 4.90 Å². The summed E-state index contributed by atoms with van der Waals surface area (Å²) in [5.74, 6) is -0.793. The molecule has 0 saturated heterocycles. The Morgan fingerprint density at radius 3 is 2.70 bits per heavy atom. The van der Waals surface area contributed by atoms with Gasteiger partial charge < -0.3 is 5.11 Å². The van der Waals surface area contributed by atoms with Crippen molar-refractivity contribution >= 4 is 17.3 Å². The minimum absolute atomic E-state index is 0.506. The molecule has 4 heteroatoms. The highest BCUT2D eigenvalue weighted by Crippen LogP contribution is 2.27. The van der Waals surface area contributed by atoms with Crippen molar-refractivity contribution < 1.29 is 9.90 Å². The van der Waals surface area contributed by atoms with Crippen LogP contribution in [-0.2, 0) is 19.4 Å². The molecule has 2 aromatic rings. The van der Waals surface area contributed by atoms with Crippen LogP contribution in [0.1, 0.15) is 26.4 Å². The molecule has 0 spiro atoms. The van der Waals surface area contributed by atoms with Crippen molar-refractivity contribution in [2.24, 2.45) is 0 Å². The molecule has 1 aliphatic heterocycles. The summed E-state index contributed by atoms with van der Waals surface area (Å²) in [4.78, 5) is 14.9. The molecule has 2 heterocycles. The molecule has 20 heavy (non-hydrogen) atoms. The zero-order chi connectivity index (χ0) is 13.9. The van der Waals surface area contributed by atoms with E-state index in [9.17, 15) is 9.90 Å². The predicted molar refractivity (Wildman–Crippen MR) is 80.4 cm³/mol. The van der Waals surface area contributed by atoms with Gasteiger partial charge in [0.1, 0.15) is 0 Å². The van der Waals surface area contributed by atoms with Crippen LogP contribution in [0.3, 0.4) is 0 Å². The molecule has 0 fully saturated rings. The second kappa shape index (κ2) is 5.77. The number of benzene rings is 1. The minimum Gasteiger partial charge on any atom is -0.478 e. The van der Waals surface area contributed by atoms with Gasteiger partial charge in [0.2, 0.25) is 0 Å². The summed E-state index contributed by atoms with van der Waals surface area (Å²) >= 11 is 1.59. The van der Waals surface area contributed by atoms with Crippen molar-refractivity contribution in [3.05, 3.63) is 57.3 Å². The van der Waals surface area contributed by atoms with Gasteiger partial charge in [0.25, 0.3) is 0 Å². The average molecular weight is 287 g/mol. The van der Waals surface area contributed by atoms with E-state index >= 15 is 0 Å².